The molecule has 0 bridgehead atoms. The highest BCUT2D eigenvalue weighted by molar-refractivity contribution is 6.04. The summed E-state index contributed by atoms with van der Waals surface area (Å²) < 4.78 is 39.0. The number of anilines is 2. The lowest BCUT2D eigenvalue weighted by molar-refractivity contribution is -0.141. The number of carbonyl (C=O) groups is 2. The first-order chi connectivity index (χ1) is 18.5. The molecule has 1 aromatic carbocycles. The van der Waals surface area contributed by atoms with Crippen LogP contribution in [0, 0.1) is 6.92 Å². The average Bonchev–Trinajstić information content (AvgIpc) is 2.89. The van der Waals surface area contributed by atoms with Crippen molar-refractivity contribution >= 4 is 23.3 Å². The van der Waals surface area contributed by atoms with Gasteiger partial charge in [0.15, 0.2) is 0 Å². The van der Waals surface area contributed by atoms with Gasteiger partial charge in [0.2, 0.25) is 5.91 Å². The summed E-state index contributed by atoms with van der Waals surface area (Å²) in [6.07, 6.45) is 0.978. The van der Waals surface area contributed by atoms with Gasteiger partial charge < -0.3 is 15.5 Å². The number of rotatable bonds is 7. The highest BCUT2D eigenvalue weighted by Gasteiger charge is 2.33. The van der Waals surface area contributed by atoms with Crippen molar-refractivity contribution < 1.29 is 22.8 Å². The van der Waals surface area contributed by atoms with E-state index in [1.807, 2.05) is 6.92 Å². The molecule has 2 N–H and O–H groups in total. The Hall–Kier alpha value is -4.71. The molecule has 2 amide bonds. The lowest BCUT2D eigenvalue weighted by Crippen LogP contribution is -2.27. The minimum atomic E-state index is -4.66. The number of hydrogen-bond donors (Lipinski definition) is 2. The molecule has 0 spiro atoms. The van der Waals surface area contributed by atoms with E-state index in [0.29, 0.717) is 40.1 Å². The van der Waals surface area contributed by atoms with Crippen molar-refractivity contribution in [2.75, 3.05) is 31.3 Å². The van der Waals surface area contributed by atoms with Gasteiger partial charge >= 0.3 is 6.18 Å². The summed E-state index contributed by atoms with van der Waals surface area (Å²) in [6, 6.07) is 10.4. The molecule has 0 radical (unpaired) electrons. The molecule has 0 aliphatic carbocycles. The van der Waals surface area contributed by atoms with Crippen LogP contribution in [0.4, 0.5) is 24.7 Å². The van der Waals surface area contributed by atoms with E-state index in [-0.39, 0.29) is 18.0 Å². The second-order valence-electron chi connectivity index (χ2n) is 8.92. The largest absolute Gasteiger partial charge is 0.433 e. The fourth-order valence-corrected chi connectivity index (χ4v) is 3.67. The summed E-state index contributed by atoms with van der Waals surface area (Å²) in [5.41, 5.74) is 2.28. The smallest absolute Gasteiger partial charge is 0.322 e. The number of nitrogens with one attached hydrogen (secondary N) is 2. The highest BCUT2D eigenvalue weighted by atomic mass is 19.4. The number of hydrogen-bond acceptors (Lipinski definition) is 7. The molecule has 0 saturated heterocycles. The number of nitrogens with zero attached hydrogens (tertiary/aromatic N) is 5. The van der Waals surface area contributed by atoms with Gasteiger partial charge in [0.25, 0.3) is 5.91 Å². The van der Waals surface area contributed by atoms with Crippen LogP contribution in [-0.4, -0.2) is 57.3 Å². The number of carbonyl (C=O) groups excluding carboxylic acids is 2. The molecule has 0 fully saturated rings. The molecule has 0 aliphatic heterocycles. The third-order valence-electron chi connectivity index (χ3n) is 5.50. The Morgan fingerprint density at radius 3 is 2.41 bits per heavy atom. The third-order valence-corrected chi connectivity index (χ3v) is 5.50. The van der Waals surface area contributed by atoms with Gasteiger partial charge in [-0.3, -0.25) is 19.6 Å². The van der Waals surface area contributed by atoms with Crippen molar-refractivity contribution in [2.24, 2.45) is 0 Å². The highest BCUT2D eigenvalue weighted by Crippen LogP contribution is 2.29. The van der Waals surface area contributed by atoms with Gasteiger partial charge in [-0.2, -0.15) is 13.2 Å². The Labute approximate surface area is 222 Å². The third kappa shape index (κ3) is 6.99. The predicted molar refractivity (Wildman–Crippen MR) is 140 cm³/mol. The predicted octanol–water partition coefficient (Wildman–Crippen LogP) is 4.68. The van der Waals surface area contributed by atoms with Crippen LogP contribution >= 0.6 is 0 Å². The van der Waals surface area contributed by atoms with Crippen LogP contribution < -0.4 is 10.6 Å². The quantitative estimate of drug-likeness (QED) is 0.353. The molecule has 0 unspecified atom stereocenters. The average molecular weight is 536 g/mol. The first-order valence-electron chi connectivity index (χ1n) is 11.7. The van der Waals surface area contributed by atoms with Crippen molar-refractivity contribution in [1.82, 2.24) is 24.8 Å². The van der Waals surface area contributed by atoms with E-state index in [4.69, 9.17) is 4.98 Å². The van der Waals surface area contributed by atoms with Crippen LogP contribution in [0.25, 0.3) is 22.5 Å². The summed E-state index contributed by atoms with van der Waals surface area (Å²) in [5, 5.41) is 5.37. The van der Waals surface area contributed by atoms with E-state index < -0.39 is 17.8 Å². The van der Waals surface area contributed by atoms with Gasteiger partial charge in [-0.05, 0) is 63.0 Å². The molecular weight excluding hydrogens is 511 g/mol. The lowest BCUT2D eigenvalue weighted by atomic mass is 10.0. The zero-order valence-electron chi connectivity index (χ0n) is 21.2. The molecule has 0 aliphatic rings. The van der Waals surface area contributed by atoms with Gasteiger partial charge in [-0.15, -0.1) is 0 Å². The second kappa shape index (κ2) is 11.4. The van der Waals surface area contributed by atoms with Gasteiger partial charge in [-0.1, -0.05) is 6.07 Å². The lowest BCUT2D eigenvalue weighted by Gasteiger charge is -2.12. The molecule has 9 nitrogen and oxygen atoms in total. The summed E-state index contributed by atoms with van der Waals surface area (Å²) in [4.78, 5) is 43.0. The molecule has 0 atom stereocenters. The van der Waals surface area contributed by atoms with Crippen LogP contribution in [0.3, 0.4) is 0 Å². The van der Waals surface area contributed by atoms with Crippen molar-refractivity contribution in [3.8, 4) is 22.5 Å². The van der Waals surface area contributed by atoms with Crippen molar-refractivity contribution in [3.05, 3.63) is 84.1 Å². The van der Waals surface area contributed by atoms with E-state index in [9.17, 15) is 22.8 Å². The van der Waals surface area contributed by atoms with E-state index >= 15 is 0 Å². The van der Waals surface area contributed by atoms with Crippen LogP contribution in [-0.2, 0) is 11.0 Å². The normalized spacial score (nSPS) is 11.4. The molecule has 39 heavy (non-hydrogen) atoms. The van der Waals surface area contributed by atoms with Crippen LogP contribution in [0.2, 0.25) is 0 Å². The number of halogens is 3. The number of alkyl halides is 3. The maximum Gasteiger partial charge on any atom is 0.433 e. The fourth-order valence-electron chi connectivity index (χ4n) is 3.67. The topological polar surface area (TPSA) is 113 Å². The van der Waals surface area contributed by atoms with Gasteiger partial charge in [-0.25, -0.2) is 9.97 Å². The summed E-state index contributed by atoms with van der Waals surface area (Å²) in [7, 11) is 3.57. The van der Waals surface area contributed by atoms with Gasteiger partial charge in [0.05, 0.1) is 30.3 Å². The summed E-state index contributed by atoms with van der Waals surface area (Å²) in [6.45, 7) is 2.07. The number of aromatic nitrogens is 4. The first-order valence-corrected chi connectivity index (χ1v) is 11.7. The van der Waals surface area contributed by atoms with Gasteiger partial charge in [0.1, 0.15) is 11.5 Å². The monoisotopic (exact) mass is 535 g/mol. The fraction of sp³-hybridized carbons (Fsp3) is 0.185. The standard InChI is InChI=1S/C27H24F3N7O2/c1-16-4-5-19(34-26(39)18-7-8-32-23(10-18)27(28,29)30)12-20(16)22-14-31-13-21(35-22)17-6-9-33-24(11-17)36-25(38)15-37(2)3/h4-14H,15H2,1-3H3,(H,34,39)(H,33,36,38). The van der Waals surface area contributed by atoms with Crippen LogP contribution in [0.15, 0.2) is 67.3 Å². The Balaban J connectivity index is 1.58. The maximum atomic E-state index is 13.0. The first kappa shape index (κ1) is 27.3. The van der Waals surface area contributed by atoms with Gasteiger partial charge in [0, 0.05) is 34.8 Å². The van der Waals surface area contributed by atoms with E-state index in [1.54, 1.807) is 67.9 Å². The van der Waals surface area contributed by atoms with Crippen molar-refractivity contribution in [2.45, 2.75) is 13.1 Å². The molecule has 0 saturated carbocycles. The Bertz CT molecular complexity index is 1520. The number of amides is 2. The van der Waals surface area contributed by atoms with E-state index in [1.165, 1.54) is 6.07 Å². The Morgan fingerprint density at radius 2 is 1.67 bits per heavy atom. The molecule has 200 valence electrons. The van der Waals surface area contributed by atoms with E-state index in [2.05, 4.69) is 25.6 Å². The van der Waals surface area contributed by atoms with Crippen LogP contribution in [0.5, 0.6) is 0 Å². The molecule has 12 heteroatoms. The molecule has 4 aromatic rings. The summed E-state index contributed by atoms with van der Waals surface area (Å²) >= 11 is 0. The van der Waals surface area contributed by atoms with E-state index in [0.717, 1.165) is 11.8 Å². The minimum absolute atomic E-state index is 0.174. The van der Waals surface area contributed by atoms with Crippen LogP contribution in [0.1, 0.15) is 21.6 Å². The number of pyridine rings is 2. The SMILES string of the molecule is Cc1ccc(NC(=O)c2ccnc(C(F)(F)F)c2)cc1-c1cncc(-c2ccnc(NC(=O)CN(C)C)c2)n1. The Morgan fingerprint density at radius 1 is 0.923 bits per heavy atom. The maximum absolute atomic E-state index is 13.0. The number of likely N-dealkylation sites (N-methyl/N-ethyl adjacent to an activating group) is 1. The Kier molecular flexibility index (Phi) is 7.96. The van der Waals surface area contributed by atoms with Crippen molar-refractivity contribution in [3.63, 3.8) is 0 Å². The summed E-state index contributed by atoms with van der Waals surface area (Å²) in [5.74, 6) is -0.546. The minimum Gasteiger partial charge on any atom is -0.322 e. The number of benzene rings is 1. The second-order valence-corrected chi connectivity index (χ2v) is 8.92. The number of aryl methyl sites for hydroxylation is 1. The molecule has 4 rings (SSSR count). The molecule has 3 heterocycles. The zero-order valence-corrected chi connectivity index (χ0v) is 21.2. The molecule has 3 aromatic heterocycles. The molecular formula is C27H24F3N7O2. The van der Waals surface area contributed by atoms with Crippen molar-refractivity contribution in [1.29, 1.82) is 0 Å². The zero-order chi connectivity index (χ0) is 28.2.